The lowest BCUT2D eigenvalue weighted by Crippen LogP contribution is -2.23. The molecule has 0 saturated carbocycles. The van der Waals surface area contributed by atoms with Crippen LogP contribution in [0.2, 0.25) is 0 Å². The van der Waals surface area contributed by atoms with Crippen LogP contribution in [-0.4, -0.2) is 5.11 Å². The van der Waals surface area contributed by atoms with Crippen LogP contribution in [0.5, 0.6) is 5.75 Å². The number of para-hydroxylation sites is 1. The van der Waals surface area contributed by atoms with Crippen LogP contribution in [0.1, 0.15) is 11.1 Å². The first kappa shape index (κ1) is 16.3. The summed E-state index contributed by atoms with van der Waals surface area (Å²) in [6.07, 6.45) is 0.959. The molecule has 1 atom stereocenters. The van der Waals surface area contributed by atoms with Crippen molar-refractivity contribution in [1.29, 1.82) is 0 Å². The van der Waals surface area contributed by atoms with Gasteiger partial charge in [-0.1, -0.05) is 91.0 Å². The molecule has 1 nitrogen and oxygen atoms in total. The maximum atomic E-state index is 10.6. The fraction of sp³-hybridized carbons (Fsp3) is 0.0400. The Hall–Kier alpha value is -2.89. The van der Waals surface area contributed by atoms with Gasteiger partial charge in [-0.2, -0.15) is 0 Å². The average Bonchev–Trinajstić information content (AvgIpc) is 3.10. The molecule has 0 aliphatic heterocycles. The Labute approximate surface area is 160 Å². The number of fused-ring (bicyclic) bond motifs is 3. The van der Waals surface area contributed by atoms with E-state index in [2.05, 4.69) is 72.8 Å². The average molecular weight is 366 g/mol. The highest BCUT2D eigenvalue weighted by atomic mass is 31.1. The molecular weight excluding hydrogens is 347 g/mol. The Morgan fingerprint density at radius 2 is 1.26 bits per heavy atom. The molecule has 1 aliphatic carbocycles. The first-order valence-electron chi connectivity index (χ1n) is 9.16. The van der Waals surface area contributed by atoms with Gasteiger partial charge >= 0.3 is 0 Å². The molecule has 0 radical (unpaired) electrons. The van der Waals surface area contributed by atoms with Gasteiger partial charge in [0.25, 0.3) is 0 Å². The lowest BCUT2D eigenvalue weighted by Gasteiger charge is -2.23. The van der Waals surface area contributed by atoms with E-state index in [1.807, 2.05) is 18.2 Å². The largest absolute Gasteiger partial charge is 0.507 e. The molecule has 1 aliphatic rings. The second kappa shape index (κ2) is 6.68. The van der Waals surface area contributed by atoms with Crippen LogP contribution in [0.25, 0.3) is 11.1 Å². The summed E-state index contributed by atoms with van der Waals surface area (Å²) in [6.45, 7) is 0. The van der Waals surface area contributed by atoms with Gasteiger partial charge in [-0.15, -0.1) is 0 Å². The molecule has 0 amide bonds. The highest BCUT2D eigenvalue weighted by Crippen LogP contribution is 2.43. The van der Waals surface area contributed by atoms with Crippen LogP contribution in [0.15, 0.2) is 97.1 Å². The SMILES string of the molecule is Oc1ccccc1P(c1ccccc1)c1cccc2c1Cc1ccccc1-2. The smallest absolute Gasteiger partial charge is 0.123 e. The predicted octanol–water partition coefficient (Wildman–Crippen LogP) is 4.72. The van der Waals surface area contributed by atoms with Crippen LogP contribution >= 0.6 is 7.92 Å². The second-order valence-corrected chi connectivity index (χ2v) is 8.95. The number of aromatic hydroxyl groups is 1. The molecule has 0 aromatic heterocycles. The van der Waals surface area contributed by atoms with Crippen LogP contribution in [0, 0.1) is 0 Å². The monoisotopic (exact) mass is 366 g/mol. The topological polar surface area (TPSA) is 20.2 Å². The maximum absolute atomic E-state index is 10.6. The first-order valence-corrected chi connectivity index (χ1v) is 10.5. The van der Waals surface area contributed by atoms with Crippen molar-refractivity contribution >= 4 is 23.8 Å². The van der Waals surface area contributed by atoms with E-state index in [0.29, 0.717) is 5.75 Å². The molecule has 4 aromatic carbocycles. The first-order chi connectivity index (χ1) is 13.3. The van der Waals surface area contributed by atoms with E-state index < -0.39 is 7.92 Å². The predicted molar refractivity (Wildman–Crippen MR) is 115 cm³/mol. The zero-order valence-corrected chi connectivity index (χ0v) is 15.7. The minimum atomic E-state index is -0.822. The Morgan fingerprint density at radius 1 is 0.593 bits per heavy atom. The maximum Gasteiger partial charge on any atom is 0.123 e. The normalized spacial score (nSPS) is 13.0. The van der Waals surface area contributed by atoms with Crippen molar-refractivity contribution in [2.75, 3.05) is 0 Å². The van der Waals surface area contributed by atoms with E-state index >= 15 is 0 Å². The summed E-state index contributed by atoms with van der Waals surface area (Å²) in [4.78, 5) is 0. The summed E-state index contributed by atoms with van der Waals surface area (Å²) >= 11 is 0. The lowest BCUT2D eigenvalue weighted by molar-refractivity contribution is 0.480. The summed E-state index contributed by atoms with van der Waals surface area (Å²) in [6, 6.07) is 33.7. The quantitative estimate of drug-likeness (QED) is 0.458. The van der Waals surface area contributed by atoms with Crippen LogP contribution in [0.3, 0.4) is 0 Å². The van der Waals surface area contributed by atoms with Crippen LogP contribution in [-0.2, 0) is 6.42 Å². The molecule has 0 fully saturated rings. The summed E-state index contributed by atoms with van der Waals surface area (Å²) in [5, 5.41) is 14.3. The summed E-state index contributed by atoms with van der Waals surface area (Å²) in [5.74, 6) is 0.376. The number of hydrogen-bond donors (Lipinski definition) is 1. The van der Waals surface area contributed by atoms with Crippen molar-refractivity contribution < 1.29 is 5.11 Å². The van der Waals surface area contributed by atoms with Gasteiger partial charge in [-0.25, -0.2) is 0 Å². The van der Waals surface area contributed by atoms with Gasteiger partial charge in [0.15, 0.2) is 0 Å². The fourth-order valence-electron chi connectivity index (χ4n) is 3.99. The Balaban J connectivity index is 1.75. The second-order valence-electron chi connectivity index (χ2n) is 6.80. The molecule has 0 saturated heterocycles. The van der Waals surface area contributed by atoms with Crippen molar-refractivity contribution in [3.05, 3.63) is 108 Å². The minimum Gasteiger partial charge on any atom is -0.507 e. The molecule has 5 rings (SSSR count). The fourth-order valence-corrected chi connectivity index (χ4v) is 6.52. The zero-order valence-electron chi connectivity index (χ0n) is 14.8. The van der Waals surface area contributed by atoms with Gasteiger partial charge in [0, 0.05) is 5.30 Å². The summed E-state index contributed by atoms with van der Waals surface area (Å²) in [5.41, 5.74) is 5.47. The summed E-state index contributed by atoms with van der Waals surface area (Å²) < 4.78 is 0. The van der Waals surface area contributed by atoms with E-state index in [9.17, 15) is 5.11 Å². The van der Waals surface area contributed by atoms with Gasteiger partial charge in [0.05, 0.1) is 0 Å². The molecule has 0 heterocycles. The van der Waals surface area contributed by atoms with Crippen molar-refractivity contribution in [2.45, 2.75) is 6.42 Å². The number of hydrogen-bond acceptors (Lipinski definition) is 1. The highest BCUT2D eigenvalue weighted by molar-refractivity contribution is 7.80. The molecule has 27 heavy (non-hydrogen) atoms. The van der Waals surface area contributed by atoms with Crippen molar-refractivity contribution in [2.24, 2.45) is 0 Å². The molecule has 0 spiro atoms. The Bertz CT molecular complexity index is 1120. The standard InChI is InChI=1S/C25H19OP/c26-23-14-6-7-15-25(23)27(19-10-2-1-3-11-19)24-16-8-13-21-20-12-5-4-9-18(20)17-22(21)24/h1-16,26H,17H2. The van der Waals surface area contributed by atoms with Crippen molar-refractivity contribution in [3.63, 3.8) is 0 Å². The van der Waals surface area contributed by atoms with E-state index in [4.69, 9.17) is 0 Å². The van der Waals surface area contributed by atoms with Gasteiger partial charge < -0.3 is 5.11 Å². The molecule has 1 N–H and O–H groups in total. The molecule has 2 heteroatoms. The van der Waals surface area contributed by atoms with Crippen LogP contribution in [0.4, 0.5) is 0 Å². The van der Waals surface area contributed by atoms with E-state index in [1.165, 1.54) is 32.9 Å². The van der Waals surface area contributed by atoms with Crippen molar-refractivity contribution in [1.82, 2.24) is 0 Å². The van der Waals surface area contributed by atoms with E-state index in [0.717, 1.165) is 11.7 Å². The number of phenolic OH excluding ortho intramolecular Hbond substituents is 1. The third-order valence-corrected chi connectivity index (χ3v) is 7.78. The van der Waals surface area contributed by atoms with E-state index in [1.54, 1.807) is 6.07 Å². The Kier molecular flexibility index (Phi) is 4.03. The van der Waals surface area contributed by atoms with E-state index in [-0.39, 0.29) is 0 Å². The van der Waals surface area contributed by atoms with Crippen molar-refractivity contribution in [3.8, 4) is 16.9 Å². The molecule has 1 unspecified atom stereocenters. The highest BCUT2D eigenvalue weighted by Gasteiger charge is 2.27. The molecule has 0 bridgehead atoms. The van der Waals surface area contributed by atoms with Gasteiger partial charge in [0.2, 0.25) is 0 Å². The van der Waals surface area contributed by atoms with Gasteiger partial charge in [0.1, 0.15) is 5.75 Å². The minimum absolute atomic E-state index is 0.376. The third-order valence-electron chi connectivity index (χ3n) is 5.20. The van der Waals surface area contributed by atoms with Gasteiger partial charge in [-0.3, -0.25) is 0 Å². The molecule has 130 valence electrons. The zero-order chi connectivity index (χ0) is 18.2. The summed E-state index contributed by atoms with van der Waals surface area (Å²) in [7, 11) is -0.822. The lowest BCUT2D eigenvalue weighted by atomic mass is 10.1. The van der Waals surface area contributed by atoms with Crippen LogP contribution < -0.4 is 15.9 Å². The number of phenols is 1. The third kappa shape index (κ3) is 2.76. The van der Waals surface area contributed by atoms with Gasteiger partial charge in [-0.05, 0) is 53.3 Å². The number of benzene rings is 4. The molecular formula is C25H19OP. The number of rotatable bonds is 3. The Morgan fingerprint density at radius 3 is 2.11 bits per heavy atom. The molecule has 4 aromatic rings.